The number of hydrogen-bond donors (Lipinski definition) is 4. The van der Waals surface area contributed by atoms with Crippen LogP contribution in [0.15, 0.2) is 60.7 Å². The predicted molar refractivity (Wildman–Crippen MR) is 166 cm³/mol. The number of amides is 5. The molecule has 0 unspecified atom stereocenters. The highest BCUT2D eigenvalue weighted by Gasteiger charge is 2.35. The van der Waals surface area contributed by atoms with Gasteiger partial charge in [0.2, 0.25) is 6.79 Å². The van der Waals surface area contributed by atoms with Gasteiger partial charge in [0.25, 0.3) is 5.91 Å². The highest BCUT2D eigenvalue weighted by atomic mass is 19.4. The SMILES string of the molecule is C[C@H](CO)N1C[C@H](C)[C@@H](CN(C)C(=O)Nc2ccc3c(c2)OCO3)Oc2c(NC(=O)Nc3ccc(C(F)(F)F)cc3)cccc2C1=O. The van der Waals surface area contributed by atoms with E-state index < -0.39 is 41.9 Å². The number of rotatable bonds is 7. The van der Waals surface area contributed by atoms with Crippen LogP contribution in [0.1, 0.15) is 29.8 Å². The summed E-state index contributed by atoms with van der Waals surface area (Å²) in [6.07, 6.45) is -5.22. The second-order valence-electron chi connectivity index (χ2n) is 11.3. The van der Waals surface area contributed by atoms with Gasteiger partial charge in [-0.15, -0.1) is 0 Å². The second-order valence-corrected chi connectivity index (χ2v) is 11.3. The number of aliphatic hydroxyl groups excluding tert-OH is 1. The number of benzene rings is 3. The maximum absolute atomic E-state index is 13.7. The summed E-state index contributed by atoms with van der Waals surface area (Å²) >= 11 is 0. The van der Waals surface area contributed by atoms with Crippen LogP contribution in [0.3, 0.4) is 0 Å². The standard InChI is InChI=1S/C32H34F3N5O7/c1-18-14-40(19(2)16-41)29(42)23-5-4-6-24(38-30(43)36-21-9-7-20(8-10-21)32(33,34)35)28(23)47-27(18)15-39(3)31(44)37-22-11-12-25-26(13-22)46-17-45-25/h4-13,18-19,27,41H,14-17H2,1-3H3,(H,37,44)(H2,36,38,43)/t18-,19+,27+/m0/s1. The molecule has 0 saturated heterocycles. The van der Waals surface area contributed by atoms with Crippen LogP contribution in [-0.2, 0) is 6.18 Å². The summed E-state index contributed by atoms with van der Waals surface area (Å²) in [5.41, 5.74) is -0.0420. The van der Waals surface area contributed by atoms with Gasteiger partial charge in [0.1, 0.15) is 6.10 Å². The number of nitrogens with one attached hydrogen (secondary N) is 3. The third-order valence-electron chi connectivity index (χ3n) is 7.83. The van der Waals surface area contributed by atoms with Crippen LogP contribution in [0.25, 0.3) is 0 Å². The van der Waals surface area contributed by atoms with Gasteiger partial charge in [-0.25, -0.2) is 9.59 Å². The van der Waals surface area contributed by atoms with E-state index in [1.165, 1.54) is 21.9 Å². The summed E-state index contributed by atoms with van der Waals surface area (Å²) in [6, 6.07) is 11.7. The van der Waals surface area contributed by atoms with E-state index in [0.29, 0.717) is 17.2 Å². The van der Waals surface area contributed by atoms with Gasteiger partial charge in [0.15, 0.2) is 17.2 Å². The molecule has 0 spiro atoms. The molecular weight excluding hydrogens is 623 g/mol. The number of hydrogen-bond acceptors (Lipinski definition) is 7. The van der Waals surface area contributed by atoms with Gasteiger partial charge < -0.3 is 45.1 Å². The summed E-state index contributed by atoms with van der Waals surface area (Å²) in [5.74, 6) is 0.324. The number of alkyl halides is 3. The van der Waals surface area contributed by atoms with E-state index in [-0.39, 0.29) is 55.1 Å². The average Bonchev–Trinajstić information content (AvgIpc) is 3.50. The molecule has 250 valence electrons. The highest BCUT2D eigenvalue weighted by molar-refractivity contribution is 6.04. The minimum Gasteiger partial charge on any atom is -0.485 e. The molecule has 0 bridgehead atoms. The number of carbonyl (C=O) groups is 3. The summed E-state index contributed by atoms with van der Waals surface area (Å²) in [4.78, 5) is 42.8. The van der Waals surface area contributed by atoms with Crippen molar-refractivity contribution in [3.05, 3.63) is 71.8 Å². The number of aliphatic hydroxyl groups is 1. The van der Waals surface area contributed by atoms with Crippen molar-refractivity contribution in [3.63, 3.8) is 0 Å². The maximum Gasteiger partial charge on any atom is 0.416 e. The molecule has 4 N–H and O–H groups in total. The Labute approximate surface area is 268 Å². The zero-order valence-corrected chi connectivity index (χ0v) is 25.8. The monoisotopic (exact) mass is 657 g/mol. The van der Waals surface area contributed by atoms with Crippen molar-refractivity contribution in [1.82, 2.24) is 9.80 Å². The van der Waals surface area contributed by atoms with E-state index in [4.69, 9.17) is 14.2 Å². The van der Waals surface area contributed by atoms with Gasteiger partial charge in [-0.3, -0.25) is 4.79 Å². The fourth-order valence-corrected chi connectivity index (χ4v) is 5.13. The minimum absolute atomic E-state index is 0.0383. The molecule has 0 radical (unpaired) electrons. The topological polar surface area (TPSA) is 142 Å². The number of urea groups is 2. The molecule has 47 heavy (non-hydrogen) atoms. The lowest BCUT2D eigenvalue weighted by atomic mass is 9.99. The molecule has 2 heterocycles. The molecule has 0 aromatic heterocycles. The van der Waals surface area contributed by atoms with Gasteiger partial charge in [-0.2, -0.15) is 13.2 Å². The van der Waals surface area contributed by atoms with Crippen LogP contribution in [0, 0.1) is 5.92 Å². The number of ether oxygens (including phenoxy) is 3. The lowest BCUT2D eigenvalue weighted by Gasteiger charge is -2.38. The van der Waals surface area contributed by atoms with Gasteiger partial charge in [-0.05, 0) is 55.5 Å². The number of fused-ring (bicyclic) bond motifs is 2. The van der Waals surface area contributed by atoms with Crippen LogP contribution >= 0.6 is 0 Å². The summed E-state index contributed by atoms with van der Waals surface area (Å²) in [6.45, 7) is 3.61. The van der Waals surface area contributed by atoms with E-state index in [1.54, 1.807) is 38.2 Å². The van der Waals surface area contributed by atoms with E-state index in [2.05, 4.69) is 16.0 Å². The average molecular weight is 658 g/mol. The Bertz CT molecular complexity index is 1640. The van der Waals surface area contributed by atoms with E-state index >= 15 is 0 Å². The Morgan fingerprint density at radius 1 is 1.02 bits per heavy atom. The first-order valence-corrected chi connectivity index (χ1v) is 14.7. The van der Waals surface area contributed by atoms with Gasteiger partial charge >= 0.3 is 18.2 Å². The molecule has 0 fully saturated rings. The zero-order chi connectivity index (χ0) is 33.9. The third kappa shape index (κ3) is 7.62. The number of para-hydroxylation sites is 1. The number of halogens is 3. The Hall–Kier alpha value is -5.18. The maximum atomic E-state index is 13.7. The number of carbonyl (C=O) groups excluding carboxylic acids is 3. The van der Waals surface area contributed by atoms with Crippen LogP contribution in [0.2, 0.25) is 0 Å². The zero-order valence-electron chi connectivity index (χ0n) is 25.8. The molecule has 2 aliphatic rings. The van der Waals surface area contributed by atoms with Gasteiger partial charge in [0.05, 0.1) is 36.0 Å². The Kier molecular flexibility index (Phi) is 9.65. The predicted octanol–water partition coefficient (Wildman–Crippen LogP) is 5.46. The summed E-state index contributed by atoms with van der Waals surface area (Å²) in [5, 5.41) is 17.8. The fourth-order valence-electron chi connectivity index (χ4n) is 5.13. The lowest BCUT2D eigenvalue weighted by Crippen LogP contribution is -2.50. The molecule has 12 nitrogen and oxygen atoms in total. The van der Waals surface area contributed by atoms with Crippen LogP contribution in [0.5, 0.6) is 17.2 Å². The lowest BCUT2D eigenvalue weighted by molar-refractivity contribution is -0.137. The quantitative estimate of drug-likeness (QED) is 0.264. The van der Waals surface area contributed by atoms with Crippen molar-refractivity contribution in [2.45, 2.75) is 32.2 Å². The molecule has 3 aromatic carbocycles. The van der Waals surface area contributed by atoms with Gasteiger partial charge in [0, 0.05) is 37.0 Å². The Morgan fingerprint density at radius 2 is 1.72 bits per heavy atom. The highest BCUT2D eigenvalue weighted by Crippen LogP contribution is 2.36. The molecule has 3 aromatic rings. The molecule has 0 saturated carbocycles. The number of likely N-dealkylation sites (N-methyl/N-ethyl adjacent to an activating group) is 1. The Morgan fingerprint density at radius 3 is 2.43 bits per heavy atom. The van der Waals surface area contributed by atoms with Crippen LogP contribution < -0.4 is 30.2 Å². The van der Waals surface area contributed by atoms with E-state index in [1.807, 2.05) is 6.92 Å². The molecular formula is C32H34F3N5O7. The largest absolute Gasteiger partial charge is 0.485 e. The molecule has 2 aliphatic heterocycles. The molecule has 3 atom stereocenters. The first-order chi connectivity index (χ1) is 22.3. The van der Waals surface area contributed by atoms with Crippen LogP contribution in [0.4, 0.5) is 39.8 Å². The smallest absolute Gasteiger partial charge is 0.416 e. The van der Waals surface area contributed by atoms with E-state index in [0.717, 1.165) is 24.3 Å². The van der Waals surface area contributed by atoms with Crippen molar-refractivity contribution in [1.29, 1.82) is 0 Å². The molecule has 5 amide bonds. The van der Waals surface area contributed by atoms with E-state index in [9.17, 15) is 32.7 Å². The van der Waals surface area contributed by atoms with Crippen molar-refractivity contribution >= 4 is 35.0 Å². The van der Waals surface area contributed by atoms with Gasteiger partial charge in [-0.1, -0.05) is 13.0 Å². The molecule has 0 aliphatic carbocycles. The Balaban J connectivity index is 1.37. The fraction of sp³-hybridized carbons (Fsp3) is 0.344. The minimum atomic E-state index is -4.53. The van der Waals surface area contributed by atoms with Crippen molar-refractivity contribution in [2.75, 3.05) is 49.5 Å². The molecule has 15 heteroatoms. The van der Waals surface area contributed by atoms with Crippen molar-refractivity contribution in [2.24, 2.45) is 5.92 Å². The summed E-state index contributed by atoms with van der Waals surface area (Å²) < 4.78 is 56.0. The molecule has 5 rings (SSSR count). The third-order valence-corrected chi connectivity index (χ3v) is 7.83. The number of nitrogens with zero attached hydrogens (tertiary/aromatic N) is 2. The second kappa shape index (κ2) is 13.7. The van der Waals surface area contributed by atoms with Crippen molar-refractivity contribution in [3.8, 4) is 17.2 Å². The first kappa shape index (κ1) is 33.2. The van der Waals surface area contributed by atoms with Crippen LogP contribution in [-0.4, -0.2) is 78.6 Å². The first-order valence-electron chi connectivity index (χ1n) is 14.7. The summed E-state index contributed by atoms with van der Waals surface area (Å²) in [7, 11) is 1.58. The normalized spacial score (nSPS) is 17.9. The van der Waals surface area contributed by atoms with Crippen molar-refractivity contribution < 1.29 is 46.9 Å². The number of anilines is 3.